The molecule has 2 saturated carbocycles. The molecule has 2 atom stereocenters. The standard InChI is InChI=1S/C12H22/c1-2-12-8-4-3-6-11(10-12)7-5-9-12/h11H,2-10H2,1H3. The Bertz CT molecular complexity index is 150. The fourth-order valence-corrected chi connectivity index (χ4v) is 3.49. The number of hydrogen-bond acceptors (Lipinski definition) is 0. The Morgan fingerprint density at radius 2 is 1.83 bits per heavy atom. The minimum absolute atomic E-state index is 0.805. The highest BCUT2D eigenvalue weighted by Gasteiger charge is 2.35. The van der Waals surface area contributed by atoms with Crippen LogP contribution in [-0.2, 0) is 0 Å². The van der Waals surface area contributed by atoms with Crippen LogP contribution < -0.4 is 0 Å². The summed E-state index contributed by atoms with van der Waals surface area (Å²) in [7, 11) is 0. The highest BCUT2D eigenvalue weighted by Crippen LogP contribution is 2.49. The molecule has 0 aromatic heterocycles. The van der Waals surface area contributed by atoms with Gasteiger partial charge in [0, 0.05) is 0 Å². The summed E-state index contributed by atoms with van der Waals surface area (Å²) >= 11 is 0. The molecule has 0 nitrogen and oxygen atoms in total. The van der Waals surface area contributed by atoms with Crippen molar-refractivity contribution < 1.29 is 0 Å². The van der Waals surface area contributed by atoms with Gasteiger partial charge in [0.2, 0.25) is 0 Å². The van der Waals surface area contributed by atoms with E-state index in [0.717, 1.165) is 11.3 Å². The summed E-state index contributed by atoms with van der Waals surface area (Å²) < 4.78 is 0. The van der Waals surface area contributed by atoms with Gasteiger partial charge in [-0.3, -0.25) is 0 Å². The van der Waals surface area contributed by atoms with Crippen LogP contribution in [0, 0.1) is 11.3 Å². The van der Waals surface area contributed by atoms with E-state index in [-0.39, 0.29) is 0 Å². The van der Waals surface area contributed by atoms with Gasteiger partial charge in [-0.25, -0.2) is 0 Å². The third-order valence-corrected chi connectivity index (χ3v) is 4.36. The average molecular weight is 166 g/mol. The quantitative estimate of drug-likeness (QED) is 0.549. The topological polar surface area (TPSA) is 0 Å². The first-order chi connectivity index (χ1) is 5.85. The van der Waals surface area contributed by atoms with E-state index in [1.54, 1.807) is 32.1 Å². The van der Waals surface area contributed by atoms with E-state index in [2.05, 4.69) is 6.92 Å². The van der Waals surface area contributed by atoms with Gasteiger partial charge in [0.1, 0.15) is 0 Å². The van der Waals surface area contributed by atoms with Crippen LogP contribution >= 0.6 is 0 Å². The van der Waals surface area contributed by atoms with Gasteiger partial charge in [-0.05, 0) is 30.6 Å². The second-order valence-electron chi connectivity index (χ2n) is 5.06. The number of hydrogen-bond donors (Lipinski definition) is 0. The largest absolute Gasteiger partial charge is 0.0649 e. The molecular weight excluding hydrogens is 144 g/mol. The lowest BCUT2D eigenvalue weighted by molar-refractivity contribution is 0.133. The van der Waals surface area contributed by atoms with Gasteiger partial charge in [0.25, 0.3) is 0 Å². The summed E-state index contributed by atoms with van der Waals surface area (Å²) in [5, 5.41) is 0. The fraction of sp³-hybridized carbons (Fsp3) is 1.00. The summed E-state index contributed by atoms with van der Waals surface area (Å²) in [4.78, 5) is 0. The predicted molar refractivity (Wildman–Crippen MR) is 53.2 cm³/mol. The maximum absolute atomic E-state index is 2.41. The first-order valence-corrected chi connectivity index (χ1v) is 5.85. The Morgan fingerprint density at radius 1 is 1.08 bits per heavy atom. The van der Waals surface area contributed by atoms with Crippen LogP contribution in [0.15, 0.2) is 0 Å². The molecule has 0 heterocycles. The molecule has 2 aliphatic carbocycles. The minimum atomic E-state index is 0.805. The summed E-state index contributed by atoms with van der Waals surface area (Å²) in [5.74, 6) is 1.11. The molecule has 0 amide bonds. The Balaban J connectivity index is 2.08. The van der Waals surface area contributed by atoms with Crippen molar-refractivity contribution in [3.05, 3.63) is 0 Å². The summed E-state index contributed by atoms with van der Waals surface area (Å²) in [5.41, 5.74) is 0.805. The highest BCUT2D eigenvalue weighted by molar-refractivity contribution is 4.87. The summed E-state index contributed by atoms with van der Waals surface area (Å²) in [6.07, 6.45) is 13.8. The Morgan fingerprint density at radius 3 is 2.67 bits per heavy atom. The van der Waals surface area contributed by atoms with Gasteiger partial charge in [-0.1, -0.05) is 45.4 Å². The smallest absolute Gasteiger partial charge is 0.0297 e. The van der Waals surface area contributed by atoms with Crippen molar-refractivity contribution in [2.24, 2.45) is 11.3 Å². The number of rotatable bonds is 1. The second kappa shape index (κ2) is 3.40. The minimum Gasteiger partial charge on any atom is -0.0649 e. The van der Waals surface area contributed by atoms with E-state index < -0.39 is 0 Å². The van der Waals surface area contributed by atoms with Gasteiger partial charge < -0.3 is 0 Å². The van der Waals surface area contributed by atoms with E-state index in [9.17, 15) is 0 Å². The van der Waals surface area contributed by atoms with Crippen LogP contribution in [0.4, 0.5) is 0 Å². The van der Waals surface area contributed by atoms with E-state index in [1.165, 1.54) is 25.7 Å². The molecule has 0 aliphatic heterocycles. The average Bonchev–Trinajstić information content (AvgIpc) is 2.26. The van der Waals surface area contributed by atoms with Crippen LogP contribution in [0.25, 0.3) is 0 Å². The van der Waals surface area contributed by atoms with Gasteiger partial charge in [0.15, 0.2) is 0 Å². The lowest BCUT2D eigenvalue weighted by Crippen LogP contribution is -2.26. The number of fused-ring (bicyclic) bond motifs is 2. The van der Waals surface area contributed by atoms with Crippen molar-refractivity contribution in [1.29, 1.82) is 0 Å². The fourth-order valence-electron chi connectivity index (χ4n) is 3.49. The van der Waals surface area contributed by atoms with Gasteiger partial charge in [-0.15, -0.1) is 0 Å². The SMILES string of the molecule is CCC12CCCCC(CCC1)C2. The second-order valence-corrected chi connectivity index (χ2v) is 5.06. The Kier molecular flexibility index (Phi) is 2.43. The molecule has 2 aliphatic rings. The molecule has 0 spiro atoms. The maximum atomic E-state index is 2.41. The lowest BCUT2D eigenvalue weighted by atomic mass is 9.67. The van der Waals surface area contributed by atoms with Crippen LogP contribution in [0.3, 0.4) is 0 Å². The molecule has 0 aromatic carbocycles. The first-order valence-electron chi connectivity index (χ1n) is 5.85. The van der Waals surface area contributed by atoms with Crippen LogP contribution in [0.2, 0.25) is 0 Å². The van der Waals surface area contributed by atoms with Crippen LogP contribution in [0.5, 0.6) is 0 Å². The molecule has 70 valence electrons. The molecule has 0 saturated heterocycles. The van der Waals surface area contributed by atoms with Crippen molar-refractivity contribution in [3.8, 4) is 0 Å². The molecule has 0 radical (unpaired) electrons. The zero-order valence-electron chi connectivity index (χ0n) is 8.44. The molecule has 0 aromatic rings. The zero-order chi connectivity index (χ0) is 8.44. The summed E-state index contributed by atoms with van der Waals surface area (Å²) in [6.45, 7) is 2.41. The third-order valence-electron chi connectivity index (χ3n) is 4.36. The normalized spacial score (nSPS) is 42.2. The van der Waals surface area contributed by atoms with Crippen LogP contribution in [0.1, 0.15) is 64.7 Å². The zero-order valence-corrected chi connectivity index (χ0v) is 8.44. The van der Waals surface area contributed by atoms with E-state index in [4.69, 9.17) is 0 Å². The first kappa shape index (κ1) is 8.59. The van der Waals surface area contributed by atoms with Gasteiger partial charge in [0.05, 0.1) is 0 Å². The van der Waals surface area contributed by atoms with E-state index in [0.29, 0.717) is 0 Å². The molecule has 2 bridgehead atoms. The van der Waals surface area contributed by atoms with Crippen molar-refractivity contribution in [3.63, 3.8) is 0 Å². The molecular formula is C12H22. The van der Waals surface area contributed by atoms with E-state index >= 15 is 0 Å². The molecule has 2 fully saturated rings. The van der Waals surface area contributed by atoms with Crippen molar-refractivity contribution >= 4 is 0 Å². The summed E-state index contributed by atoms with van der Waals surface area (Å²) in [6, 6.07) is 0. The van der Waals surface area contributed by atoms with Crippen molar-refractivity contribution in [2.75, 3.05) is 0 Å². The third kappa shape index (κ3) is 1.53. The van der Waals surface area contributed by atoms with Gasteiger partial charge in [-0.2, -0.15) is 0 Å². The lowest BCUT2D eigenvalue weighted by Gasteiger charge is -2.38. The monoisotopic (exact) mass is 166 g/mol. The van der Waals surface area contributed by atoms with Crippen molar-refractivity contribution in [1.82, 2.24) is 0 Å². The molecule has 0 N–H and O–H groups in total. The van der Waals surface area contributed by atoms with Crippen LogP contribution in [-0.4, -0.2) is 0 Å². The predicted octanol–water partition coefficient (Wildman–Crippen LogP) is 4.15. The molecule has 2 unspecified atom stereocenters. The maximum Gasteiger partial charge on any atom is -0.0297 e. The van der Waals surface area contributed by atoms with Crippen molar-refractivity contribution in [2.45, 2.75) is 64.7 Å². The highest BCUT2D eigenvalue weighted by atomic mass is 14.4. The molecule has 2 rings (SSSR count). The van der Waals surface area contributed by atoms with E-state index in [1.807, 2.05) is 0 Å². The Labute approximate surface area is 76.7 Å². The Hall–Kier alpha value is 0. The molecule has 0 heteroatoms. The van der Waals surface area contributed by atoms with Gasteiger partial charge >= 0.3 is 0 Å². The molecule has 12 heavy (non-hydrogen) atoms.